The minimum absolute atomic E-state index is 0.0577. The van der Waals surface area contributed by atoms with E-state index in [-0.39, 0.29) is 5.41 Å². The quantitative estimate of drug-likeness (QED) is 0.813. The van der Waals surface area contributed by atoms with Crippen molar-refractivity contribution in [2.45, 2.75) is 38.7 Å². The summed E-state index contributed by atoms with van der Waals surface area (Å²) in [6.07, 6.45) is -0.583. The average Bonchev–Trinajstić information content (AvgIpc) is 2.48. The summed E-state index contributed by atoms with van der Waals surface area (Å²) in [7, 11) is 0. The van der Waals surface area contributed by atoms with Crippen LogP contribution in [-0.2, 0) is 16.6 Å². The second kappa shape index (κ2) is 7.18. The first kappa shape index (κ1) is 17.5. The Kier molecular flexibility index (Phi) is 5.47. The van der Waals surface area contributed by atoms with E-state index in [1.165, 1.54) is 5.56 Å². The van der Waals surface area contributed by atoms with Crippen molar-refractivity contribution in [3.05, 3.63) is 64.1 Å². The van der Waals surface area contributed by atoms with Crippen LogP contribution in [0.25, 0.3) is 0 Å². The molecule has 1 N–H and O–H groups in total. The van der Waals surface area contributed by atoms with Crippen LogP contribution < -0.4 is 4.74 Å². The van der Waals surface area contributed by atoms with Crippen molar-refractivity contribution < 1.29 is 14.6 Å². The minimum atomic E-state index is -0.965. The smallest absolute Gasteiger partial charge is 0.345 e. The minimum Gasteiger partial charge on any atom is -0.478 e. The Morgan fingerprint density at radius 2 is 1.65 bits per heavy atom. The molecule has 0 amide bonds. The van der Waals surface area contributed by atoms with Crippen molar-refractivity contribution in [2.24, 2.45) is 0 Å². The van der Waals surface area contributed by atoms with Crippen LogP contribution in [0.1, 0.15) is 31.9 Å². The van der Waals surface area contributed by atoms with Gasteiger partial charge in [-0.3, -0.25) is 0 Å². The zero-order valence-electron chi connectivity index (χ0n) is 13.5. The summed E-state index contributed by atoms with van der Waals surface area (Å²) in [5, 5.41) is 9.40. The number of ether oxygens (including phenoxy) is 1. The molecule has 0 bridgehead atoms. The lowest BCUT2D eigenvalue weighted by atomic mass is 9.87. The molecule has 0 radical (unpaired) electrons. The van der Waals surface area contributed by atoms with Crippen molar-refractivity contribution in [3.8, 4) is 5.75 Å². The Balaban J connectivity index is 2.10. The zero-order chi connectivity index (χ0) is 17.0. The van der Waals surface area contributed by atoms with Crippen LogP contribution in [0.3, 0.4) is 0 Å². The number of halogens is 1. The van der Waals surface area contributed by atoms with Crippen molar-refractivity contribution in [1.29, 1.82) is 0 Å². The summed E-state index contributed by atoms with van der Waals surface area (Å²) in [6, 6.07) is 15.2. The third-order valence-electron chi connectivity index (χ3n) is 3.61. The van der Waals surface area contributed by atoms with Crippen LogP contribution in [0.5, 0.6) is 5.75 Å². The van der Waals surface area contributed by atoms with Crippen molar-refractivity contribution >= 4 is 21.9 Å². The van der Waals surface area contributed by atoms with E-state index < -0.39 is 12.1 Å². The van der Waals surface area contributed by atoms with E-state index in [0.717, 1.165) is 10.0 Å². The fourth-order valence-corrected chi connectivity index (χ4v) is 2.48. The number of aliphatic carboxylic acids is 1. The highest BCUT2D eigenvalue weighted by molar-refractivity contribution is 9.10. The van der Waals surface area contributed by atoms with E-state index in [1.807, 2.05) is 48.5 Å². The van der Waals surface area contributed by atoms with E-state index in [9.17, 15) is 9.90 Å². The lowest BCUT2D eigenvalue weighted by Crippen LogP contribution is -2.29. The van der Waals surface area contributed by atoms with Gasteiger partial charge in [0.1, 0.15) is 5.75 Å². The Morgan fingerprint density at radius 3 is 2.13 bits per heavy atom. The number of benzene rings is 2. The number of hydrogen-bond donors (Lipinski definition) is 1. The molecule has 2 aromatic rings. The largest absolute Gasteiger partial charge is 0.478 e. The summed E-state index contributed by atoms with van der Waals surface area (Å²) in [4.78, 5) is 11.5. The van der Waals surface area contributed by atoms with Crippen LogP contribution in [0.2, 0.25) is 0 Å². The molecular weight excluding hydrogens is 356 g/mol. The van der Waals surface area contributed by atoms with Gasteiger partial charge >= 0.3 is 5.97 Å². The number of hydrogen-bond acceptors (Lipinski definition) is 2. The van der Waals surface area contributed by atoms with Crippen LogP contribution >= 0.6 is 15.9 Å². The van der Waals surface area contributed by atoms with Gasteiger partial charge in [0.05, 0.1) is 0 Å². The number of carbonyl (C=O) groups is 1. The lowest BCUT2D eigenvalue weighted by molar-refractivity contribution is -0.145. The summed E-state index contributed by atoms with van der Waals surface area (Å²) in [5.74, 6) is -0.393. The molecule has 0 heterocycles. The molecule has 23 heavy (non-hydrogen) atoms. The van der Waals surface area contributed by atoms with Gasteiger partial charge in [0.25, 0.3) is 0 Å². The summed E-state index contributed by atoms with van der Waals surface area (Å²) in [5.41, 5.74) is 2.17. The normalized spacial score (nSPS) is 12.7. The van der Waals surface area contributed by atoms with Gasteiger partial charge in [-0.1, -0.05) is 61.0 Å². The van der Waals surface area contributed by atoms with Crippen molar-refractivity contribution in [1.82, 2.24) is 0 Å². The predicted molar refractivity (Wildman–Crippen MR) is 95.0 cm³/mol. The van der Waals surface area contributed by atoms with E-state index in [1.54, 1.807) is 0 Å². The molecule has 0 spiro atoms. The van der Waals surface area contributed by atoms with Crippen molar-refractivity contribution in [3.63, 3.8) is 0 Å². The molecule has 2 aromatic carbocycles. The van der Waals surface area contributed by atoms with Crippen LogP contribution in [0, 0.1) is 0 Å². The molecule has 0 aliphatic rings. The molecular formula is C19H21BrO3. The highest BCUT2D eigenvalue weighted by atomic mass is 79.9. The first-order valence-corrected chi connectivity index (χ1v) is 8.29. The molecule has 2 rings (SSSR count). The van der Waals surface area contributed by atoms with Gasteiger partial charge in [-0.05, 0) is 40.8 Å². The lowest BCUT2D eigenvalue weighted by Gasteiger charge is -2.20. The van der Waals surface area contributed by atoms with E-state index in [2.05, 4.69) is 36.7 Å². The fourth-order valence-electron chi connectivity index (χ4n) is 2.21. The molecule has 0 aromatic heterocycles. The molecule has 1 atom stereocenters. The van der Waals surface area contributed by atoms with Gasteiger partial charge in [0, 0.05) is 10.9 Å². The topological polar surface area (TPSA) is 46.5 Å². The average molecular weight is 377 g/mol. The summed E-state index contributed by atoms with van der Waals surface area (Å²) < 4.78 is 6.63. The molecule has 0 fully saturated rings. The third kappa shape index (κ3) is 5.10. The molecule has 122 valence electrons. The maximum atomic E-state index is 11.5. The van der Waals surface area contributed by atoms with Gasteiger partial charge in [-0.2, -0.15) is 0 Å². The van der Waals surface area contributed by atoms with E-state index in [0.29, 0.717) is 12.2 Å². The molecule has 0 aliphatic carbocycles. The summed E-state index contributed by atoms with van der Waals surface area (Å²) >= 11 is 3.37. The standard InChI is InChI=1S/C19H21BrO3/c1-19(2,3)14-6-10-16(11-7-14)23-17(18(21)22)12-13-4-8-15(20)9-5-13/h4-11,17H,12H2,1-3H3,(H,21,22)/t17-/m0/s1. The number of carboxylic acid groups (broad SMARTS) is 1. The first-order chi connectivity index (χ1) is 10.8. The highest BCUT2D eigenvalue weighted by Gasteiger charge is 2.20. The Labute approximate surface area is 145 Å². The SMILES string of the molecule is CC(C)(C)c1ccc(O[C@@H](Cc2ccc(Br)cc2)C(=O)O)cc1. The maximum Gasteiger partial charge on any atom is 0.345 e. The molecule has 3 nitrogen and oxygen atoms in total. The van der Waals surface area contributed by atoms with Gasteiger partial charge in [0.2, 0.25) is 0 Å². The molecule has 0 aliphatic heterocycles. The number of rotatable bonds is 5. The van der Waals surface area contributed by atoms with E-state index in [4.69, 9.17) is 4.74 Å². The second-order valence-electron chi connectivity index (χ2n) is 6.55. The van der Waals surface area contributed by atoms with E-state index >= 15 is 0 Å². The van der Waals surface area contributed by atoms with Gasteiger partial charge in [-0.25, -0.2) is 4.79 Å². The molecule has 4 heteroatoms. The highest BCUT2D eigenvalue weighted by Crippen LogP contribution is 2.25. The van der Waals surface area contributed by atoms with Crippen LogP contribution in [0.15, 0.2) is 53.0 Å². The molecule has 0 unspecified atom stereocenters. The molecule has 0 saturated heterocycles. The molecule has 0 saturated carbocycles. The van der Waals surface area contributed by atoms with Gasteiger partial charge < -0.3 is 9.84 Å². The predicted octanol–water partition coefficient (Wildman–Crippen LogP) is 4.82. The van der Waals surface area contributed by atoms with Crippen molar-refractivity contribution in [2.75, 3.05) is 0 Å². The Hall–Kier alpha value is -1.81. The third-order valence-corrected chi connectivity index (χ3v) is 4.14. The first-order valence-electron chi connectivity index (χ1n) is 7.50. The number of carboxylic acids is 1. The summed E-state index contributed by atoms with van der Waals surface area (Å²) in [6.45, 7) is 6.41. The van der Waals surface area contributed by atoms with Crippen LogP contribution in [0.4, 0.5) is 0 Å². The fraction of sp³-hybridized carbons (Fsp3) is 0.316. The zero-order valence-corrected chi connectivity index (χ0v) is 15.1. The second-order valence-corrected chi connectivity index (χ2v) is 7.47. The van der Waals surface area contributed by atoms with Crippen LogP contribution in [-0.4, -0.2) is 17.2 Å². The van der Waals surface area contributed by atoms with Gasteiger partial charge in [0.15, 0.2) is 6.10 Å². The Bertz CT molecular complexity index is 655. The maximum absolute atomic E-state index is 11.5. The Morgan fingerprint density at radius 1 is 1.09 bits per heavy atom. The van der Waals surface area contributed by atoms with Gasteiger partial charge in [-0.15, -0.1) is 0 Å². The monoisotopic (exact) mass is 376 g/mol.